The molecule has 0 saturated carbocycles. The summed E-state index contributed by atoms with van der Waals surface area (Å²) in [6, 6.07) is 8.00. The van der Waals surface area contributed by atoms with E-state index in [2.05, 4.69) is 25.4 Å². The third-order valence-corrected chi connectivity index (χ3v) is 4.45. The molecule has 1 aliphatic carbocycles. The number of fused-ring (bicyclic) bond motifs is 1. The van der Waals surface area contributed by atoms with E-state index in [1.807, 2.05) is 24.3 Å². The van der Waals surface area contributed by atoms with Gasteiger partial charge in [-0.15, -0.1) is 15.3 Å². The van der Waals surface area contributed by atoms with Crippen molar-refractivity contribution in [1.29, 1.82) is 0 Å². The van der Waals surface area contributed by atoms with Crippen molar-refractivity contribution in [3.63, 3.8) is 0 Å². The number of nitrogens with zero attached hydrogens (tertiary/aromatic N) is 7. The normalized spacial score (nSPS) is 12.9. The van der Waals surface area contributed by atoms with E-state index in [0.717, 1.165) is 11.1 Å². The molecular weight excluding hydrogens is 361 g/mol. The fourth-order valence-corrected chi connectivity index (χ4v) is 2.89. The molecule has 138 valence electrons. The standard InChI is InChI=1S/C19H14FN7O/c1-26-17(21-11-22-26)10-28-19-15(12-4-2-5-12)9-16-23-24-18(27(16)25-19)13-6-3-7-14(20)8-13/h2-9,11H,10H2,1H3. The summed E-state index contributed by atoms with van der Waals surface area (Å²) in [5, 5.41) is 17.0. The average Bonchev–Trinajstić information content (AvgIpc) is 3.24. The van der Waals surface area contributed by atoms with E-state index in [0.29, 0.717) is 28.7 Å². The van der Waals surface area contributed by atoms with Gasteiger partial charge in [-0.2, -0.15) is 9.61 Å². The molecule has 0 spiro atoms. The highest BCUT2D eigenvalue weighted by atomic mass is 19.1. The molecule has 9 heteroatoms. The quantitative estimate of drug-likeness (QED) is 0.533. The number of aromatic nitrogens is 7. The van der Waals surface area contributed by atoms with Crippen LogP contribution in [0.25, 0.3) is 22.6 Å². The van der Waals surface area contributed by atoms with Gasteiger partial charge < -0.3 is 4.74 Å². The largest absolute Gasteiger partial charge is 0.468 e. The number of ether oxygens (including phenoxy) is 1. The van der Waals surface area contributed by atoms with Crippen LogP contribution < -0.4 is 4.74 Å². The van der Waals surface area contributed by atoms with Gasteiger partial charge in [0.2, 0.25) is 5.88 Å². The number of halogens is 1. The summed E-state index contributed by atoms with van der Waals surface area (Å²) in [6.07, 6.45) is 7.34. The summed E-state index contributed by atoms with van der Waals surface area (Å²) in [5.41, 5.74) is 2.91. The molecule has 0 amide bonds. The molecule has 28 heavy (non-hydrogen) atoms. The minimum Gasteiger partial charge on any atom is -0.468 e. The van der Waals surface area contributed by atoms with Crippen molar-refractivity contribution in [2.24, 2.45) is 7.05 Å². The Hall–Kier alpha value is -3.88. The Morgan fingerprint density at radius 2 is 2.07 bits per heavy atom. The first-order valence-electron chi connectivity index (χ1n) is 8.56. The van der Waals surface area contributed by atoms with Gasteiger partial charge in [-0.05, 0) is 23.8 Å². The van der Waals surface area contributed by atoms with Crippen LogP contribution in [0.2, 0.25) is 0 Å². The fraction of sp³-hybridized carbons (Fsp3) is 0.105. The van der Waals surface area contributed by atoms with E-state index >= 15 is 0 Å². The molecule has 3 heterocycles. The highest BCUT2D eigenvalue weighted by molar-refractivity contribution is 5.84. The van der Waals surface area contributed by atoms with Crippen LogP contribution in [0, 0.1) is 5.82 Å². The van der Waals surface area contributed by atoms with E-state index in [1.54, 1.807) is 28.4 Å². The summed E-state index contributed by atoms with van der Waals surface area (Å²) in [6.45, 7) is 0.205. The van der Waals surface area contributed by atoms with Crippen LogP contribution in [0.3, 0.4) is 0 Å². The topological polar surface area (TPSA) is 83.0 Å². The van der Waals surface area contributed by atoms with Gasteiger partial charge in [-0.3, -0.25) is 4.68 Å². The molecule has 1 aromatic carbocycles. The molecule has 0 unspecified atom stereocenters. The lowest BCUT2D eigenvalue weighted by molar-refractivity contribution is 0.273. The second-order valence-corrected chi connectivity index (χ2v) is 6.24. The van der Waals surface area contributed by atoms with Gasteiger partial charge >= 0.3 is 0 Å². The Labute approximate surface area is 158 Å². The SMILES string of the molecule is Cn1ncnc1COc1nn2c(-c3cccc(F)c3)nnc2cc1C1=CC=C1. The van der Waals surface area contributed by atoms with Gasteiger partial charge in [-0.25, -0.2) is 9.37 Å². The van der Waals surface area contributed by atoms with E-state index in [4.69, 9.17) is 4.74 Å². The zero-order valence-corrected chi connectivity index (χ0v) is 14.8. The zero-order valence-electron chi connectivity index (χ0n) is 14.8. The van der Waals surface area contributed by atoms with Gasteiger partial charge in [0, 0.05) is 18.2 Å². The lowest BCUT2D eigenvalue weighted by Gasteiger charge is -2.14. The lowest BCUT2D eigenvalue weighted by Crippen LogP contribution is -2.09. The first-order chi connectivity index (χ1) is 13.7. The van der Waals surface area contributed by atoms with Crippen molar-refractivity contribution in [2.45, 2.75) is 6.61 Å². The lowest BCUT2D eigenvalue weighted by atomic mass is 10.0. The van der Waals surface area contributed by atoms with Gasteiger partial charge in [-0.1, -0.05) is 30.4 Å². The van der Waals surface area contributed by atoms with E-state index in [9.17, 15) is 4.39 Å². The molecular formula is C19H14FN7O. The second-order valence-electron chi connectivity index (χ2n) is 6.24. The Kier molecular flexibility index (Phi) is 3.71. The van der Waals surface area contributed by atoms with E-state index < -0.39 is 0 Å². The van der Waals surface area contributed by atoms with Crippen molar-refractivity contribution in [2.75, 3.05) is 0 Å². The Morgan fingerprint density at radius 3 is 2.79 bits per heavy atom. The fourth-order valence-electron chi connectivity index (χ4n) is 2.89. The number of hydrogen-bond donors (Lipinski definition) is 0. The second kappa shape index (κ2) is 6.38. The van der Waals surface area contributed by atoms with Crippen LogP contribution >= 0.6 is 0 Å². The van der Waals surface area contributed by atoms with Gasteiger partial charge in [0.25, 0.3) is 0 Å². The summed E-state index contributed by atoms with van der Waals surface area (Å²) >= 11 is 0. The van der Waals surface area contributed by atoms with E-state index in [1.165, 1.54) is 18.5 Å². The van der Waals surface area contributed by atoms with Gasteiger partial charge in [0.1, 0.15) is 18.8 Å². The summed E-state index contributed by atoms with van der Waals surface area (Å²) in [5.74, 6) is 1.15. The first-order valence-corrected chi connectivity index (χ1v) is 8.56. The smallest absolute Gasteiger partial charge is 0.240 e. The molecule has 5 rings (SSSR count). The predicted molar refractivity (Wildman–Crippen MR) is 98.6 cm³/mol. The molecule has 0 atom stereocenters. The monoisotopic (exact) mass is 375 g/mol. The van der Waals surface area contributed by atoms with Gasteiger partial charge in [0.15, 0.2) is 17.3 Å². The molecule has 0 aliphatic heterocycles. The summed E-state index contributed by atoms with van der Waals surface area (Å²) in [4.78, 5) is 4.16. The van der Waals surface area contributed by atoms with E-state index in [-0.39, 0.29) is 12.4 Å². The van der Waals surface area contributed by atoms with Crippen molar-refractivity contribution >= 4 is 11.2 Å². The van der Waals surface area contributed by atoms with Crippen molar-refractivity contribution in [3.8, 4) is 17.3 Å². The highest BCUT2D eigenvalue weighted by Gasteiger charge is 2.18. The Balaban J connectivity index is 1.59. The molecule has 0 saturated heterocycles. The van der Waals surface area contributed by atoms with Crippen molar-refractivity contribution < 1.29 is 9.13 Å². The first kappa shape index (κ1) is 16.3. The van der Waals surface area contributed by atoms with Crippen LogP contribution in [0.15, 0.2) is 54.9 Å². The van der Waals surface area contributed by atoms with Crippen LogP contribution in [-0.2, 0) is 13.7 Å². The molecule has 3 aromatic heterocycles. The maximum Gasteiger partial charge on any atom is 0.240 e. The minimum absolute atomic E-state index is 0.205. The average molecular weight is 375 g/mol. The van der Waals surface area contributed by atoms with Crippen molar-refractivity contribution in [3.05, 3.63) is 72.1 Å². The zero-order chi connectivity index (χ0) is 19.1. The highest BCUT2D eigenvalue weighted by Crippen LogP contribution is 2.31. The van der Waals surface area contributed by atoms with Gasteiger partial charge in [0.05, 0.1) is 0 Å². The molecule has 4 aromatic rings. The molecule has 0 bridgehead atoms. The number of allylic oxidation sites excluding steroid dienone is 4. The molecule has 0 fully saturated rings. The maximum absolute atomic E-state index is 13.6. The molecule has 8 nitrogen and oxygen atoms in total. The molecule has 1 aliphatic rings. The third-order valence-electron chi connectivity index (χ3n) is 4.45. The maximum atomic E-state index is 13.6. The van der Waals surface area contributed by atoms with Crippen LogP contribution in [0.4, 0.5) is 4.39 Å². The van der Waals surface area contributed by atoms with Crippen LogP contribution in [0.1, 0.15) is 11.4 Å². The minimum atomic E-state index is -0.352. The Bertz CT molecular complexity index is 1250. The predicted octanol–water partition coefficient (Wildman–Crippen LogP) is 2.59. The number of benzene rings is 1. The third kappa shape index (κ3) is 2.73. The number of aryl methyl sites for hydroxylation is 1. The Morgan fingerprint density at radius 1 is 1.18 bits per heavy atom. The number of hydrogen-bond acceptors (Lipinski definition) is 6. The summed E-state index contributed by atoms with van der Waals surface area (Å²) in [7, 11) is 1.79. The molecule has 0 N–H and O–H groups in total. The molecule has 0 radical (unpaired) electrons. The van der Waals surface area contributed by atoms with Crippen LogP contribution in [0.5, 0.6) is 5.88 Å². The van der Waals surface area contributed by atoms with Crippen molar-refractivity contribution in [1.82, 2.24) is 34.6 Å². The number of rotatable bonds is 5. The summed E-state index contributed by atoms with van der Waals surface area (Å²) < 4.78 is 22.8. The van der Waals surface area contributed by atoms with Crippen LogP contribution in [-0.4, -0.2) is 34.6 Å².